The lowest BCUT2D eigenvalue weighted by Gasteiger charge is -2.23. The van der Waals surface area contributed by atoms with Crippen LogP contribution in [-0.4, -0.2) is 11.1 Å². The van der Waals surface area contributed by atoms with E-state index in [2.05, 4.69) is 5.32 Å². The van der Waals surface area contributed by atoms with Gasteiger partial charge in [0, 0.05) is 35.7 Å². The van der Waals surface area contributed by atoms with E-state index in [1.807, 2.05) is 11.5 Å². The standard InChI is InChI=1S/C13H12F4N2/c1-7-11-5-8-4-10(14)9(13(15,16)17)6-12(8)19(11)3-2-18-7/h4-7,18H,2-3H2,1H3/t7-/m1/s1. The molecular formula is C13H12F4N2. The molecule has 19 heavy (non-hydrogen) atoms. The number of hydrogen-bond donors (Lipinski definition) is 1. The van der Waals surface area contributed by atoms with Crippen molar-refractivity contribution >= 4 is 10.9 Å². The molecule has 1 aliphatic heterocycles. The van der Waals surface area contributed by atoms with Gasteiger partial charge in [0.2, 0.25) is 0 Å². The number of nitrogens with zero attached hydrogens (tertiary/aromatic N) is 1. The molecule has 1 aromatic carbocycles. The van der Waals surface area contributed by atoms with Crippen LogP contribution in [0, 0.1) is 5.82 Å². The summed E-state index contributed by atoms with van der Waals surface area (Å²) in [6.45, 7) is 3.22. The Labute approximate surface area is 107 Å². The molecule has 0 aliphatic carbocycles. The van der Waals surface area contributed by atoms with Crippen molar-refractivity contribution in [1.82, 2.24) is 9.88 Å². The molecule has 3 rings (SSSR count). The molecule has 0 amide bonds. The quantitative estimate of drug-likeness (QED) is 0.727. The van der Waals surface area contributed by atoms with Crippen molar-refractivity contribution in [1.29, 1.82) is 0 Å². The monoisotopic (exact) mass is 272 g/mol. The van der Waals surface area contributed by atoms with E-state index in [-0.39, 0.29) is 6.04 Å². The lowest BCUT2D eigenvalue weighted by Crippen LogP contribution is -2.31. The predicted octanol–water partition coefficient (Wildman–Crippen LogP) is 3.46. The summed E-state index contributed by atoms with van der Waals surface area (Å²) in [6.07, 6.45) is -4.67. The third-order valence-corrected chi connectivity index (χ3v) is 3.56. The second kappa shape index (κ2) is 3.96. The fourth-order valence-electron chi connectivity index (χ4n) is 2.63. The summed E-state index contributed by atoms with van der Waals surface area (Å²) in [5, 5.41) is 3.73. The Hall–Kier alpha value is -1.56. The third kappa shape index (κ3) is 1.90. The topological polar surface area (TPSA) is 17.0 Å². The normalized spacial score (nSPS) is 19.7. The summed E-state index contributed by atoms with van der Waals surface area (Å²) < 4.78 is 53.5. The number of rotatable bonds is 0. The van der Waals surface area contributed by atoms with Crippen LogP contribution < -0.4 is 5.32 Å². The molecule has 2 heterocycles. The zero-order chi connectivity index (χ0) is 13.8. The first-order chi connectivity index (χ1) is 8.88. The highest BCUT2D eigenvalue weighted by Crippen LogP contribution is 2.36. The van der Waals surface area contributed by atoms with Crippen LogP contribution in [0.1, 0.15) is 24.2 Å². The maximum Gasteiger partial charge on any atom is 0.419 e. The van der Waals surface area contributed by atoms with Gasteiger partial charge in [-0.2, -0.15) is 13.2 Å². The van der Waals surface area contributed by atoms with Crippen LogP contribution in [0.5, 0.6) is 0 Å². The fourth-order valence-corrected chi connectivity index (χ4v) is 2.63. The molecule has 0 spiro atoms. The van der Waals surface area contributed by atoms with Crippen LogP contribution >= 0.6 is 0 Å². The van der Waals surface area contributed by atoms with Crippen molar-refractivity contribution in [3.8, 4) is 0 Å². The zero-order valence-electron chi connectivity index (χ0n) is 10.2. The smallest absolute Gasteiger partial charge is 0.342 e. The van der Waals surface area contributed by atoms with Gasteiger partial charge in [-0.05, 0) is 25.1 Å². The Kier molecular flexibility index (Phi) is 2.60. The van der Waals surface area contributed by atoms with E-state index >= 15 is 0 Å². The van der Waals surface area contributed by atoms with Gasteiger partial charge in [0.15, 0.2) is 0 Å². The second-order valence-corrected chi connectivity index (χ2v) is 4.79. The van der Waals surface area contributed by atoms with Crippen molar-refractivity contribution in [3.05, 3.63) is 35.3 Å². The minimum absolute atomic E-state index is 0.0542. The van der Waals surface area contributed by atoms with E-state index < -0.39 is 17.6 Å². The van der Waals surface area contributed by atoms with Gasteiger partial charge in [-0.15, -0.1) is 0 Å². The van der Waals surface area contributed by atoms with E-state index in [1.54, 1.807) is 6.07 Å². The van der Waals surface area contributed by atoms with Gasteiger partial charge < -0.3 is 9.88 Å². The molecule has 1 N–H and O–H groups in total. The molecule has 6 heteroatoms. The van der Waals surface area contributed by atoms with Crippen molar-refractivity contribution < 1.29 is 17.6 Å². The van der Waals surface area contributed by atoms with Crippen molar-refractivity contribution in [2.45, 2.75) is 25.7 Å². The number of alkyl halides is 3. The second-order valence-electron chi connectivity index (χ2n) is 4.79. The molecule has 0 fully saturated rings. The summed E-state index contributed by atoms with van der Waals surface area (Å²) in [5.41, 5.74) is 0.129. The Morgan fingerprint density at radius 1 is 1.26 bits per heavy atom. The molecule has 2 aromatic rings. The molecule has 1 aromatic heterocycles. The first kappa shape index (κ1) is 12.5. The van der Waals surface area contributed by atoms with Crippen LogP contribution in [0.4, 0.5) is 17.6 Å². The predicted molar refractivity (Wildman–Crippen MR) is 63.3 cm³/mol. The Bertz CT molecular complexity index is 642. The number of halogens is 4. The minimum Gasteiger partial charge on any atom is -0.342 e. The van der Waals surface area contributed by atoms with Gasteiger partial charge in [0.05, 0.1) is 5.56 Å². The molecule has 2 nitrogen and oxygen atoms in total. The van der Waals surface area contributed by atoms with E-state index in [9.17, 15) is 17.6 Å². The van der Waals surface area contributed by atoms with E-state index in [0.717, 1.165) is 17.8 Å². The van der Waals surface area contributed by atoms with Crippen molar-refractivity contribution in [2.24, 2.45) is 0 Å². The molecule has 0 unspecified atom stereocenters. The summed E-state index contributed by atoms with van der Waals surface area (Å²) in [6, 6.07) is 3.68. The maximum atomic E-state index is 13.5. The molecular weight excluding hydrogens is 260 g/mol. The Balaban J connectivity index is 2.28. The van der Waals surface area contributed by atoms with Gasteiger partial charge in [0.1, 0.15) is 5.82 Å². The molecule has 0 saturated heterocycles. The average Bonchev–Trinajstić information content (AvgIpc) is 2.66. The molecule has 0 radical (unpaired) electrons. The van der Waals surface area contributed by atoms with Crippen molar-refractivity contribution in [3.63, 3.8) is 0 Å². The van der Waals surface area contributed by atoms with Gasteiger partial charge in [-0.3, -0.25) is 0 Å². The number of hydrogen-bond acceptors (Lipinski definition) is 1. The highest BCUT2D eigenvalue weighted by molar-refractivity contribution is 5.82. The first-order valence-corrected chi connectivity index (χ1v) is 6.01. The van der Waals surface area contributed by atoms with Crippen LogP contribution in [0.25, 0.3) is 10.9 Å². The van der Waals surface area contributed by atoms with Gasteiger partial charge in [-0.1, -0.05) is 0 Å². The zero-order valence-corrected chi connectivity index (χ0v) is 10.2. The SMILES string of the molecule is C[C@H]1NCCn2c1cc1cc(F)c(C(F)(F)F)cc12. The van der Waals surface area contributed by atoms with E-state index in [1.165, 1.54) is 0 Å². The minimum atomic E-state index is -4.67. The lowest BCUT2D eigenvalue weighted by molar-refractivity contribution is -0.139. The number of benzene rings is 1. The molecule has 0 saturated carbocycles. The van der Waals surface area contributed by atoms with Gasteiger partial charge >= 0.3 is 6.18 Å². The lowest BCUT2D eigenvalue weighted by atomic mass is 10.1. The molecule has 102 valence electrons. The Morgan fingerprint density at radius 3 is 2.68 bits per heavy atom. The van der Waals surface area contributed by atoms with Crippen LogP contribution in [0.2, 0.25) is 0 Å². The van der Waals surface area contributed by atoms with Crippen molar-refractivity contribution in [2.75, 3.05) is 6.54 Å². The summed E-state index contributed by atoms with van der Waals surface area (Å²) in [4.78, 5) is 0. The number of aromatic nitrogens is 1. The largest absolute Gasteiger partial charge is 0.419 e. The van der Waals surface area contributed by atoms with E-state index in [0.29, 0.717) is 24.0 Å². The number of fused-ring (bicyclic) bond motifs is 3. The maximum absolute atomic E-state index is 13.5. The highest BCUT2D eigenvalue weighted by atomic mass is 19.4. The first-order valence-electron chi connectivity index (χ1n) is 6.01. The highest BCUT2D eigenvalue weighted by Gasteiger charge is 2.35. The van der Waals surface area contributed by atoms with Gasteiger partial charge in [0.25, 0.3) is 0 Å². The average molecular weight is 272 g/mol. The molecule has 1 atom stereocenters. The van der Waals surface area contributed by atoms with Gasteiger partial charge in [-0.25, -0.2) is 4.39 Å². The summed E-state index contributed by atoms with van der Waals surface area (Å²) >= 11 is 0. The fraction of sp³-hybridized carbons (Fsp3) is 0.385. The molecule has 1 aliphatic rings. The summed E-state index contributed by atoms with van der Waals surface area (Å²) in [7, 11) is 0. The van der Waals surface area contributed by atoms with Crippen LogP contribution in [0.15, 0.2) is 18.2 Å². The Morgan fingerprint density at radius 2 is 2.00 bits per heavy atom. The van der Waals surface area contributed by atoms with Crippen LogP contribution in [0.3, 0.4) is 0 Å². The van der Waals surface area contributed by atoms with E-state index in [4.69, 9.17) is 0 Å². The molecule has 0 bridgehead atoms. The number of nitrogens with one attached hydrogen (secondary N) is 1. The summed E-state index contributed by atoms with van der Waals surface area (Å²) in [5.74, 6) is -1.22. The van der Waals surface area contributed by atoms with Crippen LogP contribution in [-0.2, 0) is 12.7 Å². The third-order valence-electron chi connectivity index (χ3n) is 3.56.